The van der Waals surface area contributed by atoms with E-state index in [1.807, 2.05) is 0 Å². The topological polar surface area (TPSA) is 21.3 Å². The van der Waals surface area contributed by atoms with Crippen LogP contribution in [0, 0.1) is 6.92 Å². The zero-order valence-corrected chi connectivity index (χ0v) is 12.7. The maximum Gasteiger partial charge on any atom is 0.0960 e. The number of nitrogens with one attached hydrogen (secondary N) is 1. The third-order valence-corrected chi connectivity index (χ3v) is 5.05. The van der Waals surface area contributed by atoms with Gasteiger partial charge in [-0.1, -0.05) is 18.5 Å². The van der Waals surface area contributed by atoms with Gasteiger partial charge in [-0.15, -0.1) is 11.3 Å². The molecule has 4 heteroatoms. The van der Waals surface area contributed by atoms with Crippen LogP contribution in [0.25, 0.3) is 0 Å². The number of hydrogen-bond donors (Lipinski definition) is 1. The average molecular weight is 288 g/mol. The monoisotopic (exact) mass is 287 g/mol. The second-order valence-corrected chi connectivity index (χ2v) is 6.67. The highest BCUT2D eigenvalue weighted by Crippen LogP contribution is 2.34. The molecule has 0 saturated carbocycles. The lowest BCUT2D eigenvalue weighted by atomic mass is 10.0. The normalized spacial score (nSPS) is 21.4. The van der Waals surface area contributed by atoms with Crippen LogP contribution < -0.4 is 5.32 Å². The number of rotatable bonds is 6. The first-order valence-corrected chi connectivity index (χ1v) is 8.01. The van der Waals surface area contributed by atoms with Gasteiger partial charge in [-0.05, 0) is 50.8 Å². The second kappa shape index (κ2) is 6.90. The zero-order valence-electron chi connectivity index (χ0n) is 11.2. The van der Waals surface area contributed by atoms with Gasteiger partial charge in [0.2, 0.25) is 0 Å². The molecule has 2 unspecified atom stereocenters. The van der Waals surface area contributed by atoms with Gasteiger partial charge < -0.3 is 10.1 Å². The van der Waals surface area contributed by atoms with E-state index in [-0.39, 0.29) is 0 Å². The lowest BCUT2D eigenvalue weighted by Gasteiger charge is -2.20. The van der Waals surface area contributed by atoms with E-state index < -0.39 is 0 Å². The summed E-state index contributed by atoms with van der Waals surface area (Å²) in [5.41, 5.74) is 1.19. The summed E-state index contributed by atoms with van der Waals surface area (Å²) in [6.07, 6.45) is 5.04. The molecule has 0 amide bonds. The average Bonchev–Trinajstić information content (AvgIpc) is 2.96. The molecule has 2 heterocycles. The number of hydrogen-bond acceptors (Lipinski definition) is 3. The van der Waals surface area contributed by atoms with Crippen LogP contribution in [-0.4, -0.2) is 19.3 Å². The van der Waals surface area contributed by atoms with E-state index in [9.17, 15) is 0 Å². The molecule has 0 aliphatic carbocycles. The molecular formula is C14H22ClNOS. The molecule has 0 aromatic carbocycles. The molecule has 0 bridgehead atoms. The fourth-order valence-corrected chi connectivity index (χ4v) is 3.67. The van der Waals surface area contributed by atoms with Crippen molar-refractivity contribution in [2.75, 3.05) is 13.2 Å². The standard InChI is InChI=1S/C14H22ClNOS/c1-3-6-16-12(9-11-5-4-7-17-11)13-8-10(2)14(15)18-13/h8,11-12,16H,3-7,9H2,1-2H3. The van der Waals surface area contributed by atoms with Gasteiger partial charge in [0.05, 0.1) is 10.4 Å². The van der Waals surface area contributed by atoms with Crippen molar-refractivity contribution in [3.05, 3.63) is 20.8 Å². The maximum atomic E-state index is 6.18. The van der Waals surface area contributed by atoms with Crippen molar-refractivity contribution in [3.8, 4) is 0 Å². The summed E-state index contributed by atoms with van der Waals surface area (Å²) in [7, 11) is 0. The Morgan fingerprint density at radius 2 is 2.44 bits per heavy atom. The van der Waals surface area contributed by atoms with E-state index in [0.29, 0.717) is 12.1 Å². The number of thiophene rings is 1. The molecule has 2 nitrogen and oxygen atoms in total. The molecule has 102 valence electrons. The summed E-state index contributed by atoms with van der Waals surface area (Å²) in [5.74, 6) is 0. The van der Waals surface area contributed by atoms with Gasteiger partial charge in [0.15, 0.2) is 0 Å². The van der Waals surface area contributed by atoms with Crippen LogP contribution in [0.1, 0.15) is 49.1 Å². The highest BCUT2D eigenvalue weighted by molar-refractivity contribution is 7.16. The quantitative estimate of drug-likeness (QED) is 0.841. The van der Waals surface area contributed by atoms with E-state index in [2.05, 4.69) is 25.2 Å². The maximum absolute atomic E-state index is 6.18. The second-order valence-electron chi connectivity index (χ2n) is 4.98. The number of aryl methyl sites for hydroxylation is 1. The smallest absolute Gasteiger partial charge is 0.0960 e. The summed E-state index contributed by atoms with van der Waals surface area (Å²) in [6.45, 7) is 6.25. The predicted octanol–water partition coefficient (Wildman–Crippen LogP) is 4.32. The molecule has 1 aliphatic rings. The van der Waals surface area contributed by atoms with Gasteiger partial charge in [-0.3, -0.25) is 0 Å². The Kier molecular flexibility index (Phi) is 5.49. The van der Waals surface area contributed by atoms with Crippen LogP contribution in [0.5, 0.6) is 0 Å². The SMILES string of the molecule is CCCNC(CC1CCCO1)c1cc(C)c(Cl)s1. The molecule has 1 aliphatic heterocycles. The fraction of sp³-hybridized carbons (Fsp3) is 0.714. The molecule has 1 fully saturated rings. The lowest BCUT2D eigenvalue weighted by molar-refractivity contribution is 0.0949. The van der Waals surface area contributed by atoms with Crippen LogP contribution in [-0.2, 0) is 4.74 Å². The first-order chi connectivity index (χ1) is 8.70. The lowest BCUT2D eigenvalue weighted by Crippen LogP contribution is -2.25. The first kappa shape index (κ1) is 14.3. The Morgan fingerprint density at radius 1 is 1.61 bits per heavy atom. The molecule has 1 aromatic heterocycles. The van der Waals surface area contributed by atoms with Crippen molar-refractivity contribution < 1.29 is 4.74 Å². The van der Waals surface area contributed by atoms with Crippen LogP contribution in [0.15, 0.2) is 6.07 Å². The molecule has 18 heavy (non-hydrogen) atoms. The van der Waals surface area contributed by atoms with E-state index in [0.717, 1.165) is 30.3 Å². The Labute approximate surface area is 119 Å². The Balaban J connectivity index is 2.03. The third-order valence-electron chi connectivity index (χ3n) is 3.38. The zero-order chi connectivity index (χ0) is 13.0. The minimum absolute atomic E-state index is 0.393. The van der Waals surface area contributed by atoms with Crippen LogP contribution in [0.2, 0.25) is 4.34 Å². The van der Waals surface area contributed by atoms with E-state index in [4.69, 9.17) is 16.3 Å². The minimum Gasteiger partial charge on any atom is -0.378 e. The van der Waals surface area contributed by atoms with Gasteiger partial charge in [-0.2, -0.15) is 0 Å². The van der Waals surface area contributed by atoms with Gasteiger partial charge >= 0.3 is 0 Å². The van der Waals surface area contributed by atoms with Crippen molar-refractivity contribution in [2.24, 2.45) is 0 Å². The molecule has 0 radical (unpaired) electrons. The summed E-state index contributed by atoms with van der Waals surface area (Å²) >= 11 is 7.89. The van der Waals surface area contributed by atoms with E-state index in [1.165, 1.54) is 23.3 Å². The molecule has 2 rings (SSSR count). The third kappa shape index (κ3) is 3.70. The van der Waals surface area contributed by atoms with Gasteiger partial charge in [0.1, 0.15) is 0 Å². The van der Waals surface area contributed by atoms with Crippen molar-refractivity contribution in [1.82, 2.24) is 5.32 Å². The molecule has 0 spiro atoms. The number of ether oxygens (including phenoxy) is 1. The molecule has 1 N–H and O–H groups in total. The highest BCUT2D eigenvalue weighted by atomic mass is 35.5. The van der Waals surface area contributed by atoms with Crippen molar-refractivity contribution in [3.63, 3.8) is 0 Å². The molecular weight excluding hydrogens is 266 g/mol. The van der Waals surface area contributed by atoms with Crippen molar-refractivity contribution in [1.29, 1.82) is 0 Å². The van der Waals surface area contributed by atoms with E-state index >= 15 is 0 Å². The van der Waals surface area contributed by atoms with Gasteiger partial charge in [0, 0.05) is 17.5 Å². The van der Waals surface area contributed by atoms with Crippen molar-refractivity contribution in [2.45, 2.75) is 51.7 Å². The molecule has 1 saturated heterocycles. The largest absolute Gasteiger partial charge is 0.378 e. The summed E-state index contributed by atoms with van der Waals surface area (Å²) in [6, 6.07) is 2.61. The highest BCUT2D eigenvalue weighted by Gasteiger charge is 2.23. The van der Waals surface area contributed by atoms with Crippen LogP contribution in [0.4, 0.5) is 0 Å². The number of halogens is 1. The minimum atomic E-state index is 0.393. The van der Waals surface area contributed by atoms with E-state index in [1.54, 1.807) is 11.3 Å². The molecule has 1 aromatic rings. The van der Waals surface area contributed by atoms with Gasteiger partial charge in [-0.25, -0.2) is 0 Å². The van der Waals surface area contributed by atoms with Crippen molar-refractivity contribution >= 4 is 22.9 Å². The Bertz CT molecular complexity index is 354. The predicted molar refractivity (Wildman–Crippen MR) is 78.7 cm³/mol. The molecule has 2 atom stereocenters. The Morgan fingerprint density at radius 3 is 3.00 bits per heavy atom. The van der Waals surface area contributed by atoms with Crippen LogP contribution >= 0.6 is 22.9 Å². The fourth-order valence-electron chi connectivity index (χ4n) is 2.37. The summed E-state index contributed by atoms with van der Waals surface area (Å²) in [5, 5.41) is 3.62. The summed E-state index contributed by atoms with van der Waals surface area (Å²) in [4.78, 5) is 1.35. The Hall–Kier alpha value is -0.0900. The van der Waals surface area contributed by atoms with Crippen LogP contribution in [0.3, 0.4) is 0 Å². The summed E-state index contributed by atoms with van der Waals surface area (Å²) < 4.78 is 6.67. The first-order valence-electron chi connectivity index (χ1n) is 6.81. The van der Waals surface area contributed by atoms with Gasteiger partial charge in [0.25, 0.3) is 0 Å².